The lowest BCUT2D eigenvalue weighted by Gasteiger charge is -2.13. The van der Waals surface area contributed by atoms with Gasteiger partial charge in [-0.3, -0.25) is 28.5 Å². The summed E-state index contributed by atoms with van der Waals surface area (Å²) in [6, 6.07) is 11.2. The number of pyridine rings is 1. The topological polar surface area (TPSA) is 98.0 Å². The van der Waals surface area contributed by atoms with Gasteiger partial charge in [0, 0.05) is 12.3 Å². The standard InChI is InChI=1S/C20H15N3O5/c1-12-6-7-16-21-13(8-17(24)22(16)9-12)11-28-18(25)10-23-19(26)14-4-2-3-5-15(14)20(23)27/h2-9H,10-11H2,1H3. The van der Waals surface area contributed by atoms with E-state index in [4.69, 9.17) is 4.74 Å². The molecule has 4 rings (SSSR count). The van der Waals surface area contributed by atoms with Gasteiger partial charge in [0.2, 0.25) is 0 Å². The number of aryl methyl sites for hydroxylation is 1. The number of hydrogen-bond donors (Lipinski definition) is 0. The highest BCUT2D eigenvalue weighted by Gasteiger charge is 2.36. The highest BCUT2D eigenvalue weighted by Crippen LogP contribution is 2.22. The van der Waals surface area contributed by atoms with Crippen molar-refractivity contribution >= 4 is 23.4 Å². The van der Waals surface area contributed by atoms with Gasteiger partial charge in [-0.2, -0.15) is 0 Å². The number of imide groups is 1. The molecule has 2 aromatic heterocycles. The number of carbonyl (C=O) groups excluding carboxylic acids is 3. The normalized spacial score (nSPS) is 13.1. The summed E-state index contributed by atoms with van der Waals surface area (Å²) in [5.41, 5.74) is 1.87. The van der Waals surface area contributed by atoms with Crippen LogP contribution in [-0.2, 0) is 16.1 Å². The van der Waals surface area contributed by atoms with Crippen LogP contribution in [0.15, 0.2) is 53.5 Å². The second-order valence-electron chi connectivity index (χ2n) is 6.42. The third kappa shape index (κ3) is 3.05. The molecule has 0 atom stereocenters. The Morgan fingerprint density at radius 2 is 1.71 bits per heavy atom. The molecule has 140 valence electrons. The summed E-state index contributed by atoms with van der Waals surface area (Å²) >= 11 is 0. The van der Waals surface area contributed by atoms with Gasteiger partial charge in [-0.1, -0.05) is 18.2 Å². The Balaban J connectivity index is 1.45. The molecule has 0 saturated heterocycles. The van der Waals surface area contributed by atoms with Crippen LogP contribution in [0.3, 0.4) is 0 Å². The third-order valence-corrected chi connectivity index (χ3v) is 4.41. The van der Waals surface area contributed by atoms with Crippen LogP contribution >= 0.6 is 0 Å². The first-order chi connectivity index (χ1) is 13.4. The minimum absolute atomic E-state index is 0.235. The monoisotopic (exact) mass is 377 g/mol. The van der Waals surface area contributed by atoms with Crippen molar-refractivity contribution in [1.82, 2.24) is 14.3 Å². The number of esters is 1. The van der Waals surface area contributed by atoms with E-state index in [9.17, 15) is 19.2 Å². The second kappa shape index (κ2) is 6.73. The summed E-state index contributed by atoms with van der Waals surface area (Å²) in [4.78, 5) is 54.0. The number of benzene rings is 1. The van der Waals surface area contributed by atoms with Gasteiger partial charge in [0.1, 0.15) is 18.8 Å². The van der Waals surface area contributed by atoms with Gasteiger partial charge in [0.05, 0.1) is 16.8 Å². The molecular formula is C20H15N3O5. The van der Waals surface area contributed by atoms with Crippen LogP contribution in [0.4, 0.5) is 0 Å². The lowest BCUT2D eigenvalue weighted by Crippen LogP contribution is -2.35. The third-order valence-electron chi connectivity index (χ3n) is 4.41. The van der Waals surface area contributed by atoms with E-state index in [1.165, 1.54) is 22.6 Å². The predicted octanol–water partition coefficient (Wildman–Crippen LogP) is 1.34. The van der Waals surface area contributed by atoms with E-state index in [0.717, 1.165) is 10.5 Å². The maximum atomic E-state index is 12.3. The van der Waals surface area contributed by atoms with Crippen molar-refractivity contribution in [2.75, 3.05) is 6.54 Å². The second-order valence-corrected chi connectivity index (χ2v) is 6.42. The maximum Gasteiger partial charge on any atom is 0.326 e. The van der Waals surface area contributed by atoms with Crippen LogP contribution in [0.5, 0.6) is 0 Å². The molecule has 1 aliphatic rings. The van der Waals surface area contributed by atoms with Crippen molar-refractivity contribution in [3.05, 3.63) is 81.4 Å². The maximum absolute atomic E-state index is 12.3. The van der Waals surface area contributed by atoms with E-state index < -0.39 is 24.3 Å². The summed E-state index contributed by atoms with van der Waals surface area (Å²) < 4.78 is 6.52. The molecule has 0 bridgehead atoms. The lowest BCUT2D eigenvalue weighted by atomic mass is 10.1. The van der Waals surface area contributed by atoms with Crippen molar-refractivity contribution in [3.63, 3.8) is 0 Å². The Bertz CT molecular complexity index is 1160. The average Bonchev–Trinajstić information content (AvgIpc) is 2.92. The molecule has 8 nitrogen and oxygen atoms in total. The highest BCUT2D eigenvalue weighted by atomic mass is 16.5. The zero-order valence-electron chi connectivity index (χ0n) is 14.9. The van der Waals surface area contributed by atoms with Crippen LogP contribution in [0.25, 0.3) is 5.65 Å². The zero-order valence-corrected chi connectivity index (χ0v) is 14.9. The molecular weight excluding hydrogens is 362 g/mol. The largest absolute Gasteiger partial charge is 0.458 e. The molecule has 1 aliphatic heterocycles. The summed E-state index contributed by atoms with van der Waals surface area (Å²) in [5, 5.41) is 0. The summed E-state index contributed by atoms with van der Waals surface area (Å²) in [6.45, 7) is 1.13. The Kier molecular flexibility index (Phi) is 4.23. The van der Waals surface area contributed by atoms with E-state index in [2.05, 4.69) is 4.98 Å². The van der Waals surface area contributed by atoms with E-state index in [-0.39, 0.29) is 29.0 Å². The van der Waals surface area contributed by atoms with Gasteiger partial charge in [-0.05, 0) is 30.7 Å². The first-order valence-electron chi connectivity index (χ1n) is 8.54. The zero-order chi connectivity index (χ0) is 19.8. The fourth-order valence-corrected chi connectivity index (χ4v) is 3.04. The first kappa shape index (κ1) is 17.6. The molecule has 2 amide bonds. The minimum Gasteiger partial charge on any atom is -0.458 e. The number of hydrogen-bond acceptors (Lipinski definition) is 6. The predicted molar refractivity (Wildman–Crippen MR) is 97.8 cm³/mol. The molecule has 8 heteroatoms. The number of rotatable bonds is 4. The lowest BCUT2D eigenvalue weighted by molar-refractivity contribution is -0.145. The molecule has 0 unspecified atom stereocenters. The highest BCUT2D eigenvalue weighted by molar-refractivity contribution is 6.22. The Labute approximate surface area is 159 Å². The van der Waals surface area contributed by atoms with Gasteiger partial charge < -0.3 is 4.74 Å². The van der Waals surface area contributed by atoms with Crippen molar-refractivity contribution in [2.24, 2.45) is 0 Å². The summed E-state index contributed by atoms with van der Waals surface area (Å²) in [6.07, 6.45) is 1.67. The fraction of sp³-hybridized carbons (Fsp3) is 0.150. The van der Waals surface area contributed by atoms with Gasteiger partial charge >= 0.3 is 5.97 Å². The van der Waals surface area contributed by atoms with E-state index >= 15 is 0 Å². The Hall–Kier alpha value is -3.81. The molecule has 0 radical (unpaired) electrons. The average molecular weight is 377 g/mol. The molecule has 3 aromatic rings. The van der Waals surface area contributed by atoms with Crippen molar-refractivity contribution in [3.8, 4) is 0 Å². The van der Waals surface area contributed by atoms with E-state index in [1.54, 1.807) is 24.4 Å². The quantitative estimate of drug-likeness (QED) is 0.503. The molecule has 0 N–H and O–H groups in total. The van der Waals surface area contributed by atoms with Crippen LogP contribution in [0.1, 0.15) is 32.0 Å². The SMILES string of the molecule is Cc1ccc2nc(COC(=O)CN3C(=O)c4ccccc4C3=O)cc(=O)n2c1. The van der Waals surface area contributed by atoms with Gasteiger partial charge in [0.15, 0.2) is 0 Å². The molecule has 0 spiro atoms. The molecule has 28 heavy (non-hydrogen) atoms. The van der Waals surface area contributed by atoms with Crippen LogP contribution in [0, 0.1) is 6.92 Å². The van der Waals surface area contributed by atoms with Crippen molar-refractivity contribution < 1.29 is 19.1 Å². The number of nitrogens with zero attached hydrogens (tertiary/aromatic N) is 3. The van der Waals surface area contributed by atoms with E-state index in [1.807, 2.05) is 13.0 Å². The molecule has 1 aromatic carbocycles. The summed E-state index contributed by atoms with van der Waals surface area (Å²) in [7, 11) is 0. The van der Waals surface area contributed by atoms with Gasteiger partial charge in [0.25, 0.3) is 17.4 Å². The van der Waals surface area contributed by atoms with Crippen LogP contribution in [-0.4, -0.2) is 38.6 Å². The van der Waals surface area contributed by atoms with Crippen molar-refractivity contribution in [2.45, 2.75) is 13.5 Å². The molecule has 0 aliphatic carbocycles. The number of amides is 2. The van der Waals surface area contributed by atoms with E-state index in [0.29, 0.717) is 5.65 Å². The smallest absolute Gasteiger partial charge is 0.326 e. The minimum atomic E-state index is -0.764. The molecule has 0 saturated carbocycles. The summed E-state index contributed by atoms with van der Waals surface area (Å²) in [5.74, 6) is -1.83. The fourth-order valence-electron chi connectivity index (χ4n) is 3.04. The Morgan fingerprint density at radius 3 is 2.39 bits per heavy atom. The van der Waals surface area contributed by atoms with Crippen LogP contribution < -0.4 is 5.56 Å². The number of fused-ring (bicyclic) bond motifs is 2. The van der Waals surface area contributed by atoms with Gasteiger partial charge in [-0.25, -0.2) is 4.98 Å². The van der Waals surface area contributed by atoms with Gasteiger partial charge in [-0.15, -0.1) is 0 Å². The Morgan fingerprint density at radius 1 is 1.04 bits per heavy atom. The first-order valence-corrected chi connectivity index (χ1v) is 8.54. The number of aromatic nitrogens is 2. The number of carbonyl (C=O) groups is 3. The molecule has 3 heterocycles. The molecule has 0 fully saturated rings. The van der Waals surface area contributed by atoms with Crippen molar-refractivity contribution in [1.29, 1.82) is 0 Å². The number of ether oxygens (including phenoxy) is 1. The van der Waals surface area contributed by atoms with Crippen LogP contribution in [0.2, 0.25) is 0 Å².